The van der Waals surface area contributed by atoms with Crippen molar-refractivity contribution >= 4 is 12.1 Å². The molecule has 0 radical (unpaired) electrons. The van der Waals surface area contributed by atoms with E-state index in [1.54, 1.807) is 4.90 Å². The third-order valence-corrected chi connectivity index (χ3v) is 6.61. The summed E-state index contributed by atoms with van der Waals surface area (Å²) in [6, 6.07) is 0. The Hall–Kier alpha value is -1.30. The van der Waals surface area contributed by atoms with E-state index in [1.807, 2.05) is 20.8 Å². The van der Waals surface area contributed by atoms with E-state index in [1.165, 1.54) is 0 Å². The van der Waals surface area contributed by atoms with Gasteiger partial charge in [-0.05, 0) is 64.7 Å². The number of nitrogens with zero attached hydrogens (tertiary/aromatic N) is 1. The average molecular weight is 353 g/mol. The van der Waals surface area contributed by atoms with Crippen molar-refractivity contribution in [3.05, 3.63) is 0 Å². The number of hydrogen-bond donors (Lipinski definition) is 2. The minimum atomic E-state index is -1.24. The Labute approximate surface area is 149 Å². The van der Waals surface area contributed by atoms with Gasteiger partial charge in [-0.25, -0.2) is 4.79 Å². The highest BCUT2D eigenvalue weighted by Gasteiger charge is 2.64. The lowest BCUT2D eigenvalue weighted by Crippen LogP contribution is -2.65. The normalized spacial score (nSPS) is 34.6. The van der Waals surface area contributed by atoms with Crippen molar-refractivity contribution in [1.29, 1.82) is 0 Å². The van der Waals surface area contributed by atoms with Gasteiger partial charge in [0.2, 0.25) is 0 Å². The molecule has 3 aliphatic carbocycles. The molecule has 0 spiro atoms. The number of hydrogen-bond acceptors (Lipinski definition) is 4. The summed E-state index contributed by atoms with van der Waals surface area (Å²) in [5.41, 5.74) is -2.84. The highest BCUT2D eigenvalue weighted by atomic mass is 16.6. The van der Waals surface area contributed by atoms with E-state index < -0.39 is 22.6 Å². The van der Waals surface area contributed by atoms with Crippen LogP contribution in [0.25, 0.3) is 0 Å². The number of piperidine rings is 1. The van der Waals surface area contributed by atoms with Gasteiger partial charge in [-0.2, -0.15) is 0 Å². The molecule has 4 fully saturated rings. The number of ether oxygens (including phenoxy) is 1. The number of aliphatic hydroxyl groups is 1. The lowest BCUT2D eigenvalue weighted by molar-refractivity contribution is -0.207. The van der Waals surface area contributed by atoms with Crippen molar-refractivity contribution in [2.75, 3.05) is 13.1 Å². The predicted octanol–water partition coefficient (Wildman–Crippen LogP) is 3.03. The molecule has 25 heavy (non-hydrogen) atoms. The zero-order chi connectivity index (χ0) is 18.5. The van der Waals surface area contributed by atoms with E-state index in [2.05, 4.69) is 0 Å². The van der Waals surface area contributed by atoms with Crippen LogP contribution in [0.4, 0.5) is 4.79 Å². The molecule has 1 atom stereocenters. The number of rotatable bonds is 2. The molecule has 4 aliphatic rings. The van der Waals surface area contributed by atoms with E-state index in [4.69, 9.17) is 4.74 Å². The van der Waals surface area contributed by atoms with Gasteiger partial charge in [0.1, 0.15) is 5.60 Å². The van der Waals surface area contributed by atoms with Gasteiger partial charge in [-0.3, -0.25) is 4.79 Å². The van der Waals surface area contributed by atoms with E-state index in [0.29, 0.717) is 38.3 Å². The van der Waals surface area contributed by atoms with Crippen LogP contribution in [-0.4, -0.2) is 51.5 Å². The van der Waals surface area contributed by atoms with Crippen LogP contribution in [-0.2, 0) is 9.53 Å². The van der Waals surface area contributed by atoms with Crippen LogP contribution in [0.5, 0.6) is 0 Å². The van der Waals surface area contributed by atoms with Crippen LogP contribution in [0.1, 0.15) is 65.7 Å². The maximum atomic E-state index is 12.3. The first-order valence-corrected chi connectivity index (χ1v) is 9.51. The maximum absolute atomic E-state index is 12.3. The Kier molecular flexibility index (Phi) is 4.55. The van der Waals surface area contributed by atoms with Gasteiger partial charge in [-0.1, -0.05) is 12.8 Å². The first-order valence-electron chi connectivity index (χ1n) is 9.51. The molecule has 0 aromatic carbocycles. The molecule has 2 N–H and O–H groups in total. The number of carboxylic acid groups (broad SMARTS) is 1. The van der Waals surface area contributed by atoms with Crippen molar-refractivity contribution < 1.29 is 24.5 Å². The molecule has 1 unspecified atom stereocenters. The third-order valence-electron chi connectivity index (χ3n) is 6.61. The zero-order valence-corrected chi connectivity index (χ0v) is 15.6. The number of amides is 1. The summed E-state index contributed by atoms with van der Waals surface area (Å²) < 4.78 is 5.40. The highest BCUT2D eigenvalue weighted by Crippen LogP contribution is 2.59. The van der Waals surface area contributed by atoms with Gasteiger partial charge >= 0.3 is 12.1 Å². The summed E-state index contributed by atoms with van der Waals surface area (Å²) >= 11 is 0. The standard InChI is InChI=1S/C19H31NO5/c1-17(2,3)25-16(23)20-10-8-18(24,9-11-20)19(15(21)22)12-13-4-6-14(19)7-5-13/h13-14,24H,4-12H2,1-3H3,(H,21,22). The topological polar surface area (TPSA) is 87.1 Å². The second kappa shape index (κ2) is 6.15. The zero-order valence-electron chi connectivity index (χ0n) is 15.6. The first kappa shape index (κ1) is 18.5. The van der Waals surface area contributed by atoms with Crippen molar-refractivity contribution in [2.45, 2.75) is 76.9 Å². The fraction of sp³-hybridized carbons (Fsp3) is 0.895. The molecule has 2 bridgehead atoms. The minimum Gasteiger partial charge on any atom is -0.481 e. The molecule has 1 amide bonds. The van der Waals surface area contributed by atoms with Crippen molar-refractivity contribution in [3.8, 4) is 0 Å². The third kappa shape index (κ3) is 3.14. The van der Waals surface area contributed by atoms with Crippen LogP contribution in [0, 0.1) is 17.3 Å². The summed E-state index contributed by atoms with van der Waals surface area (Å²) in [7, 11) is 0. The predicted molar refractivity (Wildman–Crippen MR) is 92.1 cm³/mol. The molecular formula is C19H31NO5. The van der Waals surface area contributed by atoms with Crippen LogP contribution in [0.15, 0.2) is 0 Å². The van der Waals surface area contributed by atoms with Crippen LogP contribution < -0.4 is 0 Å². The van der Waals surface area contributed by atoms with Gasteiger partial charge in [0.25, 0.3) is 0 Å². The molecular weight excluding hydrogens is 322 g/mol. The molecule has 1 heterocycles. The Morgan fingerprint density at radius 3 is 2.04 bits per heavy atom. The monoisotopic (exact) mass is 353 g/mol. The summed E-state index contributed by atoms with van der Waals surface area (Å²) in [4.78, 5) is 26.2. The van der Waals surface area contributed by atoms with Gasteiger partial charge in [0.15, 0.2) is 0 Å². The van der Waals surface area contributed by atoms with Gasteiger partial charge in [-0.15, -0.1) is 0 Å². The smallest absolute Gasteiger partial charge is 0.410 e. The summed E-state index contributed by atoms with van der Waals surface area (Å²) in [6.07, 6.45) is 4.77. The van der Waals surface area contributed by atoms with Gasteiger partial charge < -0.3 is 19.8 Å². The largest absolute Gasteiger partial charge is 0.481 e. The Bertz CT molecular complexity index is 539. The fourth-order valence-electron chi connectivity index (χ4n) is 5.34. The quantitative estimate of drug-likeness (QED) is 0.797. The van der Waals surface area contributed by atoms with Gasteiger partial charge in [0, 0.05) is 13.1 Å². The van der Waals surface area contributed by atoms with E-state index in [9.17, 15) is 19.8 Å². The maximum Gasteiger partial charge on any atom is 0.410 e. The SMILES string of the molecule is CC(C)(C)OC(=O)N1CCC(O)(C2(C(=O)O)CC3CCC2CC3)CC1. The van der Waals surface area contributed by atoms with Crippen LogP contribution in [0.2, 0.25) is 0 Å². The number of aliphatic carboxylic acids is 1. The lowest BCUT2D eigenvalue weighted by atomic mass is 9.48. The van der Waals surface area contributed by atoms with Gasteiger partial charge in [0.05, 0.1) is 11.0 Å². The molecule has 1 saturated heterocycles. The number of carbonyl (C=O) groups is 2. The van der Waals surface area contributed by atoms with E-state index in [0.717, 1.165) is 25.7 Å². The van der Waals surface area contributed by atoms with Crippen molar-refractivity contribution in [2.24, 2.45) is 17.3 Å². The molecule has 6 nitrogen and oxygen atoms in total. The van der Waals surface area contributed by atoms with Crippen molar-refractivity contribution in [3.63, 3.8) is 0 Å². The molecule has 142 valence electrons. The average Bonchev–Trinajstić information content (AvgIpc) is 2.54. The summed E-state index contributed by atoms with van der Waals surface area (Å²) in [5.74, 6) is -0.391. The number of fused-ring (bicyclic) bond motifs is 3. The molecule has 0 aromatic heterocycles. The summed E-state index contributed by atoms with van der Waals surface area (Å²) in [5, 5.41) is 21.5. The molecule has 6 heteroatoms. The number of likely N-dealkylation sites (tertiary alicyclic amines) is 1. The van der Waals surface area contributed by atoms with E-state index >= 15 is 0 Å². The Balaban J connectivity index is 1.75. The first-order chi connectivity index (χ1) is 11.6. The number of carbonyl (C=O) groups excluding carboxylic acids is 1. The molecule has 3 saturated carbocycles. The fourth-order valence-corrected chi connectivity index (χ4v) is 5.34. The molecule has 0 aromatic rings. The molecule has 4 rings (SSSR count). The summed E-state index contributed by atoms with van der Waals surface area (Å²) in [6.45, 7) is 6.16. The highest BCUT2D eigenvalue weighted by molar-refractivity contribution is 5.77. The lowest BCUT2D eigenvalue weighted by Gasteiger charge is -2.58. The van der Waals surface area contributed by atoms with E-state index in [-0.39, 0.29) is 12.0 Å². The molecule has 1 aliphatic heterocycles. The minimum absolute atomic E-state index is 0.0491. The Morgan fingerprint density at radius 2 is 1.64 bits per heavy atom. The second-order valence-electron chi connectivity index (χ2n) is 9.20. The van der Waals surface area contributed by atoms with Crippen LogP contribution in [0.3, 0.4) is 0 Å². The number of carboxylic acids is 1. The van der Waals surface area contributed by atoms with Crippen molar-refractivity contribution in [1.82, 2.24) is 4.90 Å². The Morgan fingerprint density at radius 1 is 1.08 bits per heavy atom. The van der Waals surface area contributed by atoms with Crippen LogP contribution >= 0.6 is 0 Å². The second-order valence-corrected chi connectivity index (χ2v) is 9.20.